The first kappa shape index (κ1) is 15.4. The van der Waals surface area contributed by atoms with Crippen LogP contribution in [0, 0.1) is 0 Å². The lowest BCUT2D eigenvalue weighted by molar-refractivity contribution is -0.123. The first-order valence-corrected chi connectivity index (χ1v) is 6.89. The summed E-state index contributed by atoms with van der Waals surface area (Å²) >= 11 is 0. The fraction of sp³-hybridized carbons (Fsp3) is 0.923. The van der Waals surface area contributed by atoms with E-state index in [0.29, 0.717) is 32.3 Å². The van der Waals surface area contributed by atoms with Crippen molar-refractivity contribution in [2.45, 2.75) is 45.3 Å². The Kier molecular flexibility index (Phi) is 7.96. The van der Waals surface area contributed by atoms with Gasteiger partial charge in [0.05, 0.1) is 25.4 Å². The highest BCUT2D eigenvalue weighted by Crippen LogP contribution is 2.07. The molecule has 0 radical (unpaired) electrons. The van der Waals surface area contributed by atoms with Crippen molar-refractivity contribution in [3.05, 3.63) is 0 Å². The molecule has 0 spiro atoms. The van der Waals surface area contributed by atoms with Crippen LogP contribution in [0.1, 0.15) is 33.1 Å². The molecule has 2 N–H and O–H groups in total. The summed E-state index contributed by atoms with van der Waals surface area (Å²) in [6.07, 6.45) is 3.06. The molecule has 1 aliphatic rings. The summed E-state index contributed by atoms with van der Waals surface area (Å²) in [5.41, 5.74) is 0. The summed E-state index contributed by atoms with van der Waals surface area (Å²) in [4.78, 5) is 11.5. The highest BCUT2D eigenvalue weighted by Gasteiger charge is 2.13. The summed E-state index contributed by atoms with van der Waals surface area (Å²) < 4.78 is 11.0. The topological polar surface area (TPSA) is 59.6 Å². The normalized spacial score (nSPS) is 17.1. The van der Waals surface area contributed by atoms with E-state index >= 15 is 0 Å². The molecule has 0 bridgehead atoms. The molecule has 1 fully saturated rings. The molecule has 106 valence electrons. The average molecular weight is 258 g/mol. The van der Waals surface area contributed by atoms with Crippen molar-refractivity contribution >= 4 is 5.91 Å². The maximum Gasteiger partial charge on any atom is 0.222 e. The van der Waals surface area contributed by atoms with Crippen LogP contribution in [0.4, 0.5) is 0 Å². The van der Waals surface area contributed by atoms with Gasteiger partial charge >= 0.3 is 0 Å². The fourth-order valence-corrected chi connectivity index (χ4v) is 1.85. The minimum atomic E-state index is 0.0382. The molecule has 0 atom stereocenters. The van der Waals surface area contributed by atoms with Crippen molar-refractivity contribution < 1.29 is 14.3 Å². The zero-order valence-corrected chi connectivity index (χ0v) is 11.5. The van der Waals surface area contributed by atoms with Gasteiger partial charge in [-0.2, -0.15) is 0 Å². The number of carbonyl (C=O) groups is 1. The maximum atomic E-state index is 11.5. The van der Waals surface area contributed by atoms with E-state index < -0.39 is 0 Å². The van der Waals surface area contributed by atoms with Crippen LogP contribution in [0.15, 0.2) is 0 Å². The standard InChI is InChI=1S/C13H26N2O3/c1-11(2)17-10-8-15-13(16)5-9-18-12-3-6-14-7-4-12/h11-12,14H,3-10H2,1-2H3,(H,15,16). The van der Waals surface area contributed by atoms with Gasteiger partial charge in [0.15, 0.2) is 0 Å². The third-order valence-corrected chi connectivity index (χ3v) is 2.84. The lowest BCUT2D eigenvalue weighted by Crippen LogP contribution is -2.33. The average Bonchev–Trinajstić information content (AvgIpc) is 2.36. The number of hydrogen-bond donors (Lipinski definition) is 2. The number of hydrogen-bond acceptors (Lipinski definition) is 4. The van der Waals surface area contributed by atoms with Gasteiger partial charge in [-0.15, -0.1) is 0 Å². The van der Waals surface area contributed by atoms with Crippen molar-refractivity contribution in [1.82, 2.24) is 10.6 Å². The third-order valence-electron chi connectivity index (χ3n) is 2.84. The van der Waals surface area contributed by atoms with E-state index in [-0.39, 0.29) is 12.0 Å². The molecule has 0 aromatic heterocycles. The Balaban J connectivity index is 1.92. The van der Waals surface area contributed by atoms with E-state index in [1.165, 1.54) is 0 Å². The second kappa shape index (κ2) is 9.30. The molecule has 1 aliphatic heterocycles. The van der Waals surface area contributed by atoms with Crippen LogP contribution in [0.5, 0.6) is 0 Å². The van der Waals surface area contributed by atoms with E-state index in [2.05, 4.69) is 10.6 Å². The Morgan fingerprint density at radius 2 is 2.06 bits per heavy atom. The predicted molar refractivity (Wildman–Crippen MR) is 70.6 cm³/mol. The van der Waals surface area contributed by atoms with Gasteiger partial charge in [0.25, 0.3) is 0 Å². The smallest absolute Gasteiger partial charge is 0.222 e. The number of carbonyl (C=O) groups excluding carboxylic acids is 1. The Morgan fingerprint density at radius 3 is 2.72 bits per heavy atom. The van der Waals surface area contributed by atoms with E-state index in [1.807, 2.05) is 13.8 Å². The van der Waals surface area contributed by atoms with Gasteiger partial charge in [-0.05, 0) is 39.8 Å². The third kappa shape index (κ3) is 7.63. The van der Waals surface area contributed by atoms with Crippen molar-refractivity contribution in [3.63, 3.8) is 0 Å². The molecule has 0 aliphatic carbocycles. The van der Waals surface area contributed by atoms with Crippen LogP contribution in [-0.4, -0.2) is 51.0 Å². The lowest BCUT2D eigenvalue weighted by Gasteiger charge is -2.22. The molecule has 0 unspecified atom stereocenters. The van der Waals surface area contributed by atoms with Crippen molar-refractivity contribution in [2.75, 3.05) is 32.8 Å². The molecule has 5 nitrogen and oxygen atoms in total. The number of nitrogens with one attached hydrogen (secondary N) is 2. The quantitative estimate of drug-likeness (QED) is 0.629. The first-order valence-electron chi connectivity index (χ1n) is 6.89. The number of amides is 1. The van der Waals surface area contributed by atoms with Crippen LogP contribution in [0.2, 0.25) is 0 Å². The van der Waals surface area contributed by atoms with E-state index in [9.17, 15) is 4.79 Å². The summed E-state index contributed by atoms with van der Waals surface area (Å²) in [7, 11) is 0. The van der Waals surface area contributed by atoms with Gasteiger partial charge in [-0.1, -0.05) is 0 Å². The summed E-state index contributed by atoms with van der Waals surface area (Å²) in [5.74, 6) is 0.0382. The molecule has 0 aromatic carbocycles. The minimum Gasteiger partial charge on any atom is -0.378 e. The molecule has 5 heteroatoms. The highest BCUT2D eigenvalue weighted by atomic mass is 16.5. The Morgan fingerprint density at radius 1 is 1.33 bits per heavy atom. The van der Waals surface area contributed by atoms with Crippen LogP contribution in [0.3, 0.4) is 0 Å². The van der Waals surface area contributed by atoms with Gasteiger partial charge in [0.1, 0.15) is 0 Å². The van der Waals surface area contributed by atoms with Gasteiger partial charge < -0.3 is 20.1 Å². The largest absolute Gasteiger partial charge is 0.378 e. The number of rotatable bonds is 8. The van der Waals surface area contributed by atoms with Gasteiger partial charge in [0.2, 0.25) is 5.91 Å². The van der Waals surface area contributed by atoms with Crippen LogP contribution in [-0.2, 0) is 14.3 Å². The molecule has 18 heavy (non-hydrogen) atoms. The molecule has 1 heterocycles. The summed E-state index contributed by atoms with van der Waals surface area (Å²) in [6.45, 7) is 7.65. The zero-order valence-electron chi connectivity index (χ0n) is 11.5. The predicted octanol–water partition coefficient (Wildman–Crippen LogP) is 0.686. The Hall–Kier alpha value is -0.650. The van der Waals surface area contributed by atoms with Crippen molar-refractivity contribution in [2.24, 2.45) is 0 Å². The fourth-order valence-electron chi connectivity index (χ4n) is 1.85. The van der Waals surface area contributed by atoms with Gasteiger partial charge in [-0.25, -0.2) is 0 Å². The molecule has 1 amide bonds. The van der Waals surface area contributed by atoms with Crippen molar-refractivity contribution in [1.29, 1.82) is 0 Å². The Bertz CT molecular complexity index is 228. The molecule has 1 rings (SSSR count). The second-order valence-electron chi connectivity index (χ2n) is 4.84. The van der Waals surface area contributed by atoms with Crippen LogP contribution >= 0.6 is 0 Å². The van der Waals surface area contributed by atoms with Gasteiger partial charge in [-0.3, -0.25) is 4.79 Å². The summed E-state index contributed by atoms with van der Waals surface area (Å²) in [5, 5.41) is 6.10. The monoisotopic (exact) mass is 258 g/mol. The maximum absolute atomic E-state index is 11.5. The lowest BCUT2D eigenvalue weighted by atomic mass is 10.1. The van der Waals surface area contributed by atoms with Crippen LogP contribution < -0.4 is 10.6 Å². The molecular weight excluding hydrogens is 232 g/mol. The van der Waals surface area contributed by atoms with E-state index in [1.54, 1.807) is 0 Å². The van der Waals surface area contributed by atoms with Crippen LogP contribution in [0.25, 0.3) is 0 Å². The van der Waals surface area contributed by atoms with E-state index in [4.69, 9.17) is 9.47 Å². The molecule has 0 saturated carbocycles. The SMILES string of the molecule is CC(C)OCCNC(=O)CCOC1CCNCC1. The molecular formula is C13H26N2O3. The van der Waals surface area contributed by atoms with E-state index in [0.717, 1.165) is 25.9 Å². The molecule has 1 saturated heterocycles. The number of piperidine rings is 1. The zero-order chi connectivity index (χ0) is 13.2. The summed E-state index contributed by atoms with van der Waals surface area (Å²) in [6, 6.07) is 0. The Labute approximate surface area is 110 Å². The van der Waals surface area contributed by atoms with Crippen molar-refractivity contribution in [3.8, 4) is 0 Å². The second-order valence-corrected chi connectivity index (χ2v) is 4.84. The first-order chi connectivity index (χ1) is 8.68. The van der Waals surface area contributed by atoms with Gasteiger partial charge in [0, 0.05) is 13.0 Å². The number of ether oxygens (including phenoxy) is 2. The minimum absolute atomic E-state index is 0.0382. The molecule has 0 aromatic rings. The highest BCUT2D eigenvalue weighted by molar-refractivity contribution is 5.75.